The summed E-state index contributed by atoms with van der Waals surface area (Å²) in [4.78, 5) is 12.4. The highest BCUT2D eigenvalue weighted by atomic mass is 127. The highest BCUT2D eigenvalue weighted by Gasteiger charge is 2.16. The summed E-state index contributed by atoms with van der Waals surface area (Å²) in [6.07, 6.45) is 0. The molecule has 21 heavy (non-hydrogen) atoms. The SMILES string of the molecule is COc1ccccc1[C@@H](C)NC(=O)c1ccc(C)cc1I. The van der Waals surface area contributed by atoms with E-state index in [1.165, 1.54) is 0 Å². The number of amides is 1. The van der Waals surface area contributed by atoms with E-state index < -0.39 is 0 Å². The molecule has 1 amide bonds. The Kier molecular flexibility index (Phi) is 5.22. The average molecular weight is 395 g/mol. The lowest BCUT2D eigenvalue weighted by Crippen LogP contribution is -2.27. The number of halogens is 1. The van der Waals surface area contributed by atoms with Gasteiger partial charge in [0.1, 0.15) is 5.75 Å². The predicted octanol–water partition coefficient (Wildman–Crippen LogP) is 4.10. The van der Waals surface area contributed by atoms with Crippen LogP contribution in [0.15, 0.2) is 42.5 Å². The van der Waals surface area contributed by atoms with E-state index >= 15 is 0 Å². The van der Waals surface area contributed by atoms with Gasteiger partial charge >= 0.3 is 0 Å². The maximum absolute atomic E-state index is 12.4. The first-order valence-corrected chi connectivity index (χ1v) is 7.80. The monoisotopic (exact) mass is 395 g/mol. The van der Waals surface area contributed by atoms with Crippen LogP contribution in [0.4, 0.5) is 0 Å². The second kappa shape index (κ2) is 6.93. The summed E-state index contributed by atoms with van der Waals surface area (Å²) in [6.45, 7) is 3.97. The van der Waals surface area contributed by atoms with Crippen LogP contribution in [0, 0.1) is 10.5 Å². The first-order valence-electron chi connectivity index (χ1n) is 6.73. The summed E-state index contributed by atoms with van der Waals surface area (Å²) in [7, 11) is 1.64. The van der Waals surface area contributed by atoms with E-state index in [4.69, 9.17) is 4.74 Å². The molecule has 3 nitrogen and oxygen atoms in total. The number of benzene rings is 2. The number of hydrogen-bond acceptors (Lipinski definition) is 2. The molecule has 0 unspecified atom stereocenters. The van der Waals surface area contributed by atoms with Gasteiger partial charge < -0.3 is 10.1 Å². The average Bonchev–Trinajstić information content (AvgIpc) is 2.46. The fourth-order valence-electron chi connectivity index (χ4n) is 2.18. The van der Waals surface area contributed by atoms with Gasteiger partial charge in [0.2, 0.25) is 0 Å². The minimum atomic E-state index is -0.120. The maximum atomic E-state index is 12.4. The van der Waals surface area contributed by atoms with Gasteiger partial charge in [-0.15, -0.1) is 0 Å². The molecule has 0 aliphatic heterocycles. The fourth-order valence-corrected chi connectivity index (χ4v) is 3.10. The van der Waals surface area contributed by atoms with Crippen molar-refractivity contribution in [3.63, 3.8) is 0 Å². The Bertz CT molecular complexity index is 655. The van der Waals surface area contributed by atoms with Crippen molar-refractivity contribution in [3.05, 3.63) is 62.7 Å². The first-order chi connectivity index (χ1) is 10.0. The molecule has 0 aliphatic rings. The van der Waals surface area contributed by atoms with Crippen molar-refractivity contribution >= 4 is 28.5 Å². The molecule has 0 bridgehead atoms. The number of nitrogens with one attached hydrogen (secondary N) is 1. The van der Waals surface area contributed by atoms with Gasteiger partial charge in [-0.1, -0.05) is 29.8 Å². The molecular weight excluding hydrogens is 377 g/mol. The van der Waals surface area contributed by atoms with Gasteiger partial charge in [0, 0.05) is 9.13 Å². The van der Waals surface area contributed by atoms with Crippen molar-refractivity contribution in [1.82, 2.24) is 5.32 Å². The number of methoxy groups -OCH3 is 1. The molecule has 1 atom stereocenters. The van der Waals surface area contributed by atoms with E-state index in [1.807, 2.05) is 56.3 Å². The summed E-state index contributed by atoms with van der Waals surface area (Å²) >= 11 is 2.19. The molecule has 0 aliphatic carbocycles. The lowest BCUT2D eigenvalue weighted by atomic mass is 10.1. The Labute approximate surface area is 138 Å². The highest BCUT2D eigenvalue weighted by Crippen LogP contribution is 2.25. The molecule has 2 rings (SSSR count). The Morgan fingerprint density at radius 1 is 1.24 bits per heavy atom. The van der Waals surface area contributed by atoms with Crippen LogP contribution in [0.3, 0.4) is 0 Å². The van der Waals surface area contributed by atoms with Crippen molar-refractivity contribution in [2.45, 2.75) is 19.9 Å². The Hall–Kier alpha value is -1.56. The highest BCUT2D eigenvalue weighted by molar-refractivity contribution is 14.1. The summed E-state index contributed by atoms with van der Waals surface area (Å²) in [5.74, 6) is 0.710. The van der Waals surface area contributed by atoms with Gasteiger partial charge in [-0.25, -0.2) is 0 Å². The maximum Gasteiger partial charge on any atom is 0.252 e. The lowest BCUT2D eigenvalue weighted by Gasteiger charge is -2.17. The van der Waals surface area contributed by atoms with Crippen LogP contribution in [0.2, 0.25) is 0 Å². The normalized spacial score (nSPS) is 11.8. The van der Waals surface area contributed by atoms with Crippen LogP contribution < -0.4 is 10.1 Å². The zero-order valence-corrected chi connectivity index (χ0v) is 14.5. The van der Waals surface area contributed by atoms with Gasteiger partial charge in [-0.2, -0.15) is 0 Å². The van der Waals surface area contributed by atoms with Gasteiger partial charge in [-0.05, 0) is 54.6 Å². The zero-order chi connectivity index (χ0) is 15.4. The Morgan fingerprint density at radius 3 is 2.62 bits per heavy atom. The first kappa shape index (κ1) is 15.8. The standard InChI is InChI=1S/C17H18INO2/c1-11-8-9-14(15(18)10-11)17(20)19-12(2)13-6-4-5-7-16(13)21-3/h4-10,12H,1-3H3,(H,19,20)/t12-/m1/s1. The van der Waals surface area contributed by atoms with Crippen LogP contribution in [-0.2, 0) is 0 Å². The molecule has 2 aromatic carbocycles. The molecule has 0 aromatic heterocycles. The van der Waals surface area contributed by atoms with E-state index in [9.17, 15) is 4.79 Å². The van der Waals surface area contributed by atoms with Gasteiger partial charge in [0.25, 0.3) is 5.91 Å². The molecule has 0 radical (unpaired) electrons. The molecule has 0 saturated heterocycles. The molecular formula is C17H18INO2. The quantitative estimate of drug-likeness (QED) is 0.792. The minimum absolute atomic E-state index is 0.0715. The van der Waals surface area contributed by atoms with Crippen molar-refractivity contribution in [3.8, 4) is 5.75 Å². The van der Waals surface area contributed by atoms with Gasteiger partial charge in [0.05, 0.1) is 18.7 Å². The number of carbonyl (C=O) groups excluding carboxylic acids is 1. The lowest BCUT2D eigenvalue weighted by molar-refractivity contribution is 0.0938. The van der Waals surface area contributed by atoms with Crippen LogP contribution in [0.5, 0.6) is 5.75 Å². The fraction of sp³-hybridized carbons (Fsp3) is 0.235. The largest absolute Gasteiger partial charge is 0.496 e. The van der Waals surface area contributed by atoms with Crippen molar-refractivity contribution < 1.29 is 9.53 Å². The van der Waals surface area contributed by atoms with Crippen molar-refractivity contribution in [2.75, 3.05) is 7.11 Å². The zero-order valence-electron chi connectivity index (χ0n) is 12.3. The van der Waals surface area contributed by atoms with E-state index in [0.717, 1.165) is 20.4 Å². The van der Waals surface area contributed by atoms with E-state index in [1.54, 1.807) is 7.11 Å². The molecule has 1 N–H and O–H groups in total. The summed E-state index contributed by atoms with van der Waals surface area (Å²) in [6, 6.07) is 13.4. The van der Waals surface area contributed by atoms with Crippen LogP contribution >= 0.6 is 22.6 Å². The minimum Gasteiger partial charge on any atom is -0.496 e. The number of rotatable bonds is 4. The van der Waals surface area contributed by atoms with Gasteiger partial charge in [0.15, 0.2) is 0 Å². The van der Waals surface area contributed by atoms with E-state index in [2.05, 4.69) is 27.9 Å². The van der Waals surface area contributed by atoms with Crippen LogP contribution in [0.25, 0.3) is 0 Å². The third-order valence-corrected chi connectivity index (χ3v) is 4.21. The molecule has 0 fully saturated rings. The third kappa shape index (κ3) is 3.75. The van der Waals surface area contributed by atoms with Crippen LogP contribution in [0.1, 0.15) is 34.5 Å². The molecule has 110 valence electrons. The predicted molar refractivity (Wildman–Crippen MR) is 92.8 cm³/mol. The number of ether oxygens (including phenoxy) is 1. The van der Waals surface area contributed by atoms with Crippen molar-refractivity contribution in [2.24, 2.45) is 0 Å². The topological polar surface area (TPSA) is 38.3 Å². The molecule has 0 heterocycles. The summed E-state index contributed by atoms with van der Waals surface area (Å²) in [5.41, 5.74) is 2.81. The Balaban J connectivity index is 2.19. The molecule has 2 aromatic rings. The number of hydrogen-bond donors (Lipinski definition) is 1. The molecule has 0 saturated carbocycles. The Morgan fingerprint density at radius 2 is 1.95 bits per heavy atom. The number of para-hydroxylation sites is 1. The van der Waals surface area contributed by atoms with Gasteiger partial charge in [-0.3, -0.25) is 4.79 Å². The number of aryl methyl sites for hydroxylation is 1. The molecule has 0 spiro atoms. The smallest absolute Gasteiger partial charge is 0.252 e. The number of carbonyl (C=O) groups is 1. The summed E-state index contributed by atoms with van der Waals surface area (Å²) < 4.78 is 6.30. The second-order valence-electron chi connectivity index (χ2n) is 4.92. The van der Waals surface area contributed by atoms with E-state index in [-0.39, 0.29) is 11.9 Å². The van der Waals surface area contributed by atoms with E-state index in [0.29, 0.717) is 5.56 Å². The second-order valence-corrected chi connectivity index (χ2v) is 6.08. The molecule has 4 heteroatoms. The third-order valence-electron chi connectivity index (χ3n) is 3.32. The summed E-state index contributed by atoms with van der Waals surface area (Å²) in [5, 5.41) is 3.02. The van der Waals surface area contributed by atoms with Crippen molar-refractivity contribution in [1.29, 1.82) is 0 Å². The van der Waals surface area contributed by atoms with Crippen LogP contribution in [-0.4, -0.2) is 13.0 Å².